The predicted octanol–water partition coefficient (Wildman–Crippen LogP) is 1.52. The van der Waals surface area contributed by atoms with Crippen LogP contribution in [0.4, 0.5) is 5.69 Å². The second-order valence-corrected chi connectivity index (χ2v) is 5.15. The molecule has 2 N–H and O–H groups in total. The van der Waals surface area contributed by atoms with E-state index in [9.17, 15) is 15.0 Å². The van der Waals surface area contributed by atoms with Crippen molar-refractivity contribution < 1.29 is 15.0 Å². The van der Waals surface area contributed by atoms with Gasteiger partial charge in [-0.05, 0) is 17.5 Å². The topological polar surface area (TPSA) is 60.8 Å². The quantitative estimate of drug-likeness (QED) is 0.849. The minimum absolute atomic E-state index is 0.118. The number of aliphatic hydroxyl groups excluding tert-OH is 1. The molecule has 18 heavy (non-hydrogen) atoms. The molecule has 1 aliphatic rings. The van der Waals surface area contributed by atoms with Crippen molar-refractivity contribution in [3.05, 3.63) is 29.8 Å². The highest BCUT2D eigenvalue weighted by atomic mass is 16.4. The van der Waals surface area contributed by atoms with Crippen LogP contribution < -0.4 is 4.90 Å². The zero-order valence-corrected chi connectivity index (χ0v) is 10.7. The van der Waals surface area contributed by atoms with Gasteiger partial charge >= 0.3 is 5.97 Å². The van der Waals surface area contributed by atoms with Crippen LogP contribution in [0.2, 0.25) is 0 Å². The lowest BCUT2D eigenvalue weighted by Gasteiger charge is -2.28. The zero-order valence-electron chi connectivity index (χ0n) is 10.7. The van der Waals surface area contributed by atoms with Gasteiger partial charge in [-0.25, -0.2) is 4.79 Å². The van der Waals surface area contributed by atoms with E-state index in [0.717, 1.165) is 11.3 Å². The van der Waals surface area contributed by atoms with Crippen molar-refractivity contribution in [3.63, 3.8) is 0 Å². The molecule has 0 fully saturated rings. The number of hydrogen-bond acceptors (Lipinski definition) is 3. The van der Waals surface area contributed by atoms with Gasteiger partial charge in [0.05, 0.1) is 6.10 Å². The fraction of sp³-hybridized carbons (Fsp3) is 0.500. The third kappa shape index (κ3) is 2.34. The van der Waals surface area contributed by atoms with Crippen molar-refractivity contribution in [1.82, 2.24) is 0 Å². The molecule has 2 unspecified atom stereocenters. The molecule has 1 aromatic carbocycles. The van der Waals surface area contributed by atoms with Crippen molar-refractivity contribution in [2.45, 2.75) is 32.4 Å². The van der Waals surface area contributed by atoms with Crippen molar-refractivity contribution in [1.29, 1.82) is 0 Å². The van der Waals surface area contributed by atoms with E-state index in [0.29, 0.717) is 13.0 Å². The molecule has 0 saturated carbocycles. The van der Waals surface area contributed by atoms with Crippen molar-refractivity contribution in [2.75, 3.05) is 11.4 Å². The average molecular weight is 249 g/mol. The first-order valence-corrected chi connectivity index (χ1v) is 6.26. The van der Waals surface area contributed by atoms with Crippen LogP contribution in [0.1, 0.15) is 19.4 Å². The number of anilines is 1. The summed E-state index contributed by atoms with van der Waals surface area (Å²) < 4.78 is 0. The van der Waals surface area contributed by atoms with Gasteiger partial charge in [0.25, 0.3) is 0 Å². The lowest BCUT2D eigenvalue weighted by Crippen LogP contribution is -2.44. The normalized spacial score (nSPS) is 20.0. The van der Waals surface area contributed by atoms with Crippen molar-refractivity contribution >= 4 is 11.7 Å². The molecule has 0 saturated heterocycles. The zero-order chi connectivity index (χ0) is 13.3. The Balaban J connectivity index is 2.26. The van der Waals surface area contributed by atoms with Gasteiger partial charge in [-0.2, -0.15) is 0 Å². The molecule has 4 heteroatoms. The Morgan fingerprint density at radius 2 is 2.11 bits per heavy atom. The second kappa shape index (κ2) is 4.98. The maximum absolute atomic E-state index is 11.3. The Morgan fingerprint density at radius 1 is 1.44 bits per heavy atom. The molecule has 0 aliphatic carbocycles. The van der Waals surface area contributed by atoms with E-state index in [2.05, 4.69) is 0 Å². The van der Waals surface area contributed by atoms with Gasteiger partial charge in [0, 0.05) is 18.7 Å². The number of β-amino-alcohol motifs (C(OH)–C–C–N with tert-alkyl or cyclic N) is 1. The smallest absolute Gasteiger partial charge is 0.326 e. The molecule has 0 aromatic heterocycles. The first kappa shape index (κ1) is 12.9. The van der Waals surface area contributed by atoms with Crippen LogP contribution in [0.15, 0.2) is 24.3 Å². The van der Waals surface area contributed by atoms with Gasteiger partial charge in [-0.15, -0.1) is 0 Å². The minimum atomic E-state index is -0.831. The molecular formula is C14H19NO3. The van der Waals surface area contributed by atoms with Crippen molar-refractivity contribution in [3.8, 4) is 0 Å². The number of carboxylic acid groups (broad SMARTS) is 1. The summed E-state index contributed by atoms with van der Waals surface area (Å²) in [6, 6.07) is 7.13. The SMILES string of the molecule is CC(C)C(O)CN1c2ccccc2CC1C(=O)O. The number of para-hydroxylation sites is 1. The Hall–Kier alpha value is -1.55. The van der Waals surface area contributed by atoms with E-state index in [4.69, 9.17) is 0 Å². The largest absolute Gasteiger partial charge is 0.480 e. The number of carbonyl (C=O) groups is 1. The van der Waals surface area contributed by atoms with Crippen LogP contribution in [-0.2, 0) is 11.2 Å². The summed E-state index contributed by atoms with van der Waals surface area (Å²) in [7, 11) is 0. The third-order valence-electron chi connectivity index (χ3n) is 3.53. The van der Waals surface area contributed by atoms with Gasteiger partial charge in [-0.1, -0.05) is 32.0 Å². The summed E-state index contributed by atoms with van der Waals surface area (Å²) in [5.41, 5.74) is 1.98. The fourth-order valence-corrected chi connectivity index (χ4v) is 2.31. The van der Waals surface area contributed by atoms with Crippen LogP contribution >= 0.6 is 0 Å². The number of rotatable bonds is 4. The van der Waals surface area contributed by atoms with Crippen LogP contribution in [0.5, 0.6) is 0 Å². The highest BCUT2D eigenvalue weighted by molar-refractivity contribution is 5.82. The Bertz CT molecular complexity index is 444. The number of aliphatic hydroxyl groups is 1. The molecule has 0 bridgehead atoms. The predicted molar refractivity (Wildman–Crippen MR) is 69.8 cm³/mol. The van der Waals surface area contributed by atoms with E-state index in [1.165, 1.54) is 0 Å². The summed E-state index contributed by atoms with van der Waals surface area (Å²) in [5, 5.41) is 19.3. The lowest BCUT2D eigenvalue weighted by atomic mass is 10.1. The van der Waals surface area contributed by atoms with E-state index in [1.54, 1.807) is 0 Å². The molecule has 1 aliphatic heterocycles. The molecule has 0 spiro atoms. The Labute approximate surface area is 107 Å². The number of benzene rings is 1. The van der Waals surface area contributed by atoms with Gasteiger partial charge in [-0.3, -0.25) is 0 Å². The average Bonchev–Trinajstić information content (AvgIpc) is 2.68. The standard InChI is InChI=1S/C14H19NO3/c1-9(2)13(16)8-15-11-6-4-3-5-10(11)7-12(15)14(17)18/h3-6,9,12-13,16H,7-8H2,1-2H3,(H,17,18). The molecule has 0 amide bonds. The number of carboxylic acids is 1. The summed E-state index contributed by atoms with van der Waals surface area (Å²) in [5.74, 6) is -0.714. The maximum atomic E-state index is 11.3. The van der Waals surface area contributed by atoms with E-state index in [-0.39, 0.29) is 5.92 Å². The van der Waals surface area contributed by atoms with E-state index < -0.39 is 18.1 Å². The molecule has 0 radical (unpaired) electrons. The molecular weight excluding hydrogens is 230 g/mol. The molecule has 1 heterocycles. The maximum Gasteiger partial charge on any atom is 0.326 e. The molecule has 2 rings (SSSR count). The van der Waals surface area contributed by atoms with Gasteiger partial charge in [0.2, 0.25) is 0 Å². The van der Waals surface area contributed by atoms with Gasteiger partial charge in [0.15, 0.2) is 0 Å². The molecule has 2 atom stereocenters. The van der Waals surface area contributed by atoms with E-state index >= 15 is 0 Å². The van der Waals surface area contributed by atoms with E-state index in [1.807, 2.05) is 43.0 Å². The summed E-state index contributed by atoms with van der Waals surface area (Å²) in [6.45, 7) is 4.23. The first-order chi connectivity index (χ1) is 8.50. The number of hydrogen-bond donors (Lipinski definition) is 2. The highest BCUT2D eigenvalue weighted by Gasteiger charge is 2.35. The highest BCUT2D eigenvalue weighted by Crippen LogP contribution is 2.32. The minimum Gasteiger partial charge on any atom is -0.480 e. The van der Waals surface area contributed by atoms with Crippen LogP contribution in [-0.4, -0.2) is 34.9 Å². The summed E-state index contributed by atoms with van der Waals surface area (Å²) in [6.07, 6.45) is -0.00550. The second-order valence-electron chi connectivity index (χ2n) is 5.15. The van der Waals surface area contributed by atoms with Crippen molar-refractivity contribution in [2.24, 2.45) is 5.92 Å². The van der Waals surface area contributed by atoms with Crippen LogP contribution in [0, 0.1) is 5.92 Å². The number of fused-ring (bicyclic) bond motifs is 1. The monoisotopic (exact) mass is 249 g/mol. The number of aliphatic carboxylic acids is 1. The summed E-state index contributed by atoms with van der Waals surface area (Å²) >= 11 is 0. The Kier molecular flexibility index (Phi) is 3.57. The van der Waals surface area contributed by atoms with Crippen LogP contribution in [0.25, 0.3) is 0 Å². The molecule has 1 aromatic rings. The molecule has 4 nitrogen and oxygen atoms in total. The van der Waals surface area contributed by atoms with Gasteiger partial charge < -0.3 is 15.1 Å². The van der Waals surface area contributed by atoms with Gasteiger partial charge in [0.1, 0.15) is 6.04 Å². The summed E-state index contributed by atoms with van der Waals surface area (Å²) in [4.78, 5) is 13.1. The first-order valence-electron chi connectivity index (χ1n) is 6.26. The fourth-order valence-electron chi connectivity index (χ4n) is 2.31. The lowest BCUT2D eigenvalue weighted by molar-refractivity contribution is -0.138. The third-order valence-corrected chi connectivity index (χ3v) is 3.53. The number of nitrogens with zero attached hydrogens (tertiary/aromatic N) is 1. The Morgan fingerprint density at radius 3 is 2.72 bits per heavy atom. The van der Waals surface area contributed by atoms with Crippen LogP contribution in [0.3, 0.4) is 0 Å². The molecule has 98 valence electrons.